The molecule has 0 atom stereocenters. The van der Waals surface area contributed by atoms with Crippen molar-refractivity contribution in [3.05, 3.63) is 65.2 Å². The van der Waals surface area contributed by atoms with Gasteiger partial charge in [0, 0.05) is 55.6 Å². The second-order valence-electron chi connectivity index (χ2n) is 5.57. The summed E-state index contributed by atoms with van der Waals surface area (Å²) >= 11 is 0. The maximum absolute atomic E-state index is 13.5. The van der Waals surface area contributed by atoms with Crippen molar-refractivity contribution in [1.82, 2.24) is 14.8 Å². The van der Waals surface area contributed by atoms with Gasteiger partial charge in [-0.1, -0.05) is 0 Å². The summed E-state index contributed by atoms with van der Waals surface area (Å²) in [6.07, 6.45) is 4.54. The van der Waals surface area contributed by atoms with Gasteiger partial charge in [-0.3, -0.25) is 4.68 Å². The van der Waals surface area contributed by atoms with Crippen molar-refractivity contribution in [3.8, 4) is 6.07 Å². The highest BCUT2D eigenvalue weighted by atomic mass is 19.1. The van der Waals surface area contributed by atoms with Crippen LogP contribution >= 0.6 is 0 Å². The van der Waals surface area contributed by atoms with Crippen molar-refractivity contribution in [2.75, 3.05) is 10.6 Å². The van der Waals surface area contributed by atoms with E-state index in [0.29, 0.717) is 34.0 Å². The fraction of sp³-hybridized carbons (Fsp3) is 0.111. The van der Waals surface area contributed by atoms with Crippen LogP contribution in [0.15, 0.2) is 42.7 Å². The number of hydrogen-bond donors (Lipinski definition) is 3. The summed E-state index contributed by atoms with van der Waals surface area (Å²) in [5, 5.41) is 27.1. The lowest BCUT2D eigenvalue weighted by atomic mass is 10.1. The quantitative estimate of drug-likeness (QED) is 0.593. The first-order valence-corrected chi connectivity index (χ1v) is 7.78. The number of benzene rings is 1. The van der Waals surface area contributed by atoms with Crippen LogP contribution in [0.2, 0.25) is 0 Å². The maximum atomic E-state index is 13.5. The molecule has 7 nitrogen and oxygen atoms in total. The lowest BCUT2D eigenvalue weighted by molar-refractivity contribution is 0.625. The zero-order chi connectivity index (χ0) is 18.5. The Morgan fingerprint density at radius 3 is 2.85 bits per heavy atom. The molecule has 0 aliphatic heterocycles. The van der Waals surface area contributed by atoms with E-state index in [1.165, 1.54) is 24.4 Å². The second-order valence-corrected chi connectivity index (χ2v) is 5.57. The fourth-order valence-electron chi connectivity index (χ4n) is 2.42. The SMILES string of the molecule is Cn1ccc(Nc2cc(NCc3cc(F)ccc3C#N)c(C=N)cn2)n1. The van der Waals surface area contributed by atoms with Crippen LogP contribution in [-0.4, -0.2) is 21.0 Å². The minimum atomic E-state index is -0.402. The Morgan fingerprint density at radius 2 is 2.15 bits per heavy atom. The highest BCUT2D eigenvalue weighted by molar-refractivity contribution is 5.86. The molecule has 3 aromatic rings. The topological polar surface area (TPSA) is 102 Å². The number of nitrogens with zero attached hydrogens (tertiary/aromatic N) is 4. The van der Waals surface area contributed by atoms with Crippen molar-refractivity contribution in [3.63, 3.8) is 0 Å². The summed E-state index contributed by atoms with van der Waals surface area (Å²) in [6.45, 7) is 0.245. The Balaban J connectivity index is 1.82. The first-order valence-electron chi connectivity index (χ1n) is 7.78. The predicted octanol–water partition coefficient (Wildman–Crippen LogP) is 3.18. The van der Waals surface area contributed by atoms with Crippen LogP contribution in [0.1, 0.15) is 16.7 Å². The van der Waals surface area contributed by atoms with E-state index in [1.807, 2.05) is 19.2 Å². The molecular formula is C18H16FN7. The Kier molecular flexibility index (Phi) is 4.90. The van der Waals surface area contributed by atoms with Gasteiger partial charge in [0.05, 0.1) is 11.6 Å². The van der Waals surface area contributed by atoms with E-state index in [0.717, 1.165) is 0 Å². The molecule has 130 valence electrons. The van der Waals surface area contributed by atoms with Crippen LogP contribution in [0.25, 0.3) is 0 Å². The molecule has 0 saturated heterocycles. The van der Waals surface area contributed by atoms with Crippen LogP contribution in [0.5, 0.6) is 0 Å². The van der Waals surface area contributed by atoms with Gasteiger partial charge in [0.25, 0.3) is 0 Å². The van der Waals surface area contributed by atoms with Crippen LogP contribution < -0.4 is 10.6 Å². The number of hydrogen-bond acceptors (Lipinski definition) is 6. The molecule has 26 heavy (non-hydrogen) atoms. The van der Waals surface area contributed by atoms with Crippen LogP contribution in [0.4, 0.5) is 21.7 Å². The predicted molar refractivity (Wildman–Crippen MR) is 97.1 cm³/mol. The van der Waals surface area contributed by atoms with Gasteiger partial charge < -0.3 is 16.0 Å². The van der Waals surface area contributed by atoms with Crippen molar-refractivity contribution < 1.29 is 4.39 Å². The molecule has 8 heteroatoms. The number of pyridine rings is 1. The van der Waals surface area contributed by atoms with E-state index < -0.39 is 5.82 Å². The molecule has 0 aliphatic carbocycles. The van der Waals surface area contributed by atoms with E-state index in [4.69, 9.17) is 10.7 Å². The molecule has 0 bridgehead atoms. The molecule has 2 heterocycles. The number of aryl methyl sites for hydroxylation is 1. The van der Waals surface area contributed by atoms with Crippen molar-refractivity contribution in [2.24, 2.45) is 7.05 Å². The Morgan fingerprint density at radius 1 is 1.31 bits per heavy atom. The van der Waals surface area contributed by atoms with Crippen molar-refractivity contribution in [2.45, 2.75) is 6.54 Å². The van der Waals surface area contributed by atoms with E-state index in [9.17, 15) is 4.39 Å². The Labute approximate surface area is 149 Å². The lowest BCUT2D eigenvalue weighted by Crippen LogP contribution is -2.06. The average Bonchev–Trinajstić information content (AvgIpc) is 3.05. The third kappa shape index (κ3) is 3.84. The molecule has 0 saturated carbocycles. The first kappa shape index (κ1) is 17.1. The Bertz CT molecular complexity index is 987. The number of nitrogens with one attached hydrogen (secondary N) is 3. The molecule has 3 rings (SSSR count). The monoisotopic (exact) mass is 349 g/mol. The van der Waals surface area contributed by atoms with Gasteiger partial charge in [-0.2, -0.15) is 10.4 Å². The zero-order valence-corrected chi connectivity index (χ0v) is 14.0. The molecule has 2 aromatic heterocycles. The van der Waals surface area contributed by atoms with E-state index >= 15 is 0 Å². The first-order chi connectivity index (χ1) is 12.6. The molecular weight excluding hydrogens is 333 g/mol. The second kappa shape index (κ2) is 7.44. The van der Waals surface area contributed by atoms with E-state index in [2.05, 4.69) is 20.7 Å². The van der Waals surface area contributed by atoms with E-state index in [1.54, 1.807) is 23.1 Å². The van der Waals surface area contributed by atoms with Crippen LogP contribution in [0, 0.1) is 22.6 Å². The summed E-state index contributed by atoms with van der Waals surface area (Å²) in [5.41, 5.74) is 2.16. The van der Waals surface area contributed by atoms with Gasteiger partial charge in [0.1, 0.15) is 11.6 Å². The highest BCUT2D eigenvalue weighted by Crippen LogP contribution is 2.21. The lowest BCUT2D eigenvalue weighted by Gasteiger charge is -2.12. The molecule has 1 aromatic carbocycles. The summed E-state index contributed by atoms with van der Waals surface area (Å²) in [4.78, 5) is 4.25. The summed E-state index contributed by atoms with van der Waals surface area (Å²) < 4.78 is 15.1. The molecule has 0 spiro atoms. The van der Waals surface area contributed by atoms with Crippen LogP contribution in [-0.2, 0) is 13.6 Å². The van der Waals surface area contributed by atoms with Gasteiger partial charge >= 0.3 is 0 Å². The van der Waals surface area contributed by atoms with Crippen molar-refractivity contribution in [1.29, 1.82) is 10.7 Å². The normalized spacial score (nSPS) is 10.2. The standard InChI is InChI=1S/C18H16FN7/c1-26-5-4-17(25-26)24-18-7-16(14(9-21)11-23-18)22-10-13-6-15(19)3-2-12(13)8-20/h2-7,9,11,21H,10H2,1H3,(H2,22,23,24,25). The number of anilines is 3. The van der Waals surface area contributed by atoms with Gasteiger partial charge in [-0.25, -0.2) is 9.37 Å². The average molecular weight is 349 g/mol. The van der Waals surface area contributed by atoms with Gasteiger partial charge in [0.15, 0.2) is 5.82 Å². The molecule has 0 amide bonds. The van der Waals surface area contributed by atoms with E-state index in [-0.39, 0.29) is 6.54 Å². The molecule has 0 unspecified atom stereocenters. The van der Waals surface area contributed by atoms with Crippen molar-refractivity contribution >= 4 is 23.5 Å². The van der Waals surface area contributed by atoms with Gasteiger partial charge in [-0.15, -0.1) is 0 Å². The fourth-order valence-corrected chi connectivity index (χ4v) is 2.42. The highest BCUT2D eigenvalue weighted by Gasteiger charge is 2.08. The smallest absolute Gasteiger partial charge is 0.153 e. The third-order valence-corrected chi connectivity index (χ3v) is 3.72. The Hall–Kier alpha value is -3.73. The molecule has 0 radical (unpaired) electrons. The number of halogens is 1. The minimum absolute atomic E-state index is 0.245. The zero-order valence-electron chi connectivity index (χ0n) is 14.0. The summed E-state index contributed by atoms with van der Waals surface area (Å²) in [7, 11) is 1.81. The maximum Gasteiger partial charge on any atom is 0.153 e. The molecule has 0 aliphatic rings. The summed E-state index contributed by atoms with van der Waals surface area (Å²) in [6, 6.07) is 9.62. The van der Waals surface area contributed by atoms with Gasteiger partial charge in [0.2, 0.25) is 0 Å². The molecule has 0 fully saturated rings. The largest absolute Gasteiger partial charge is 0.380 e. The van der Waals surface area contributed by atoms with Gasteiger partial charge in [-0.05, 0) is 23.8 Å². The third-order valence-electron chi connectivity index (χ3n) is 3.72. The van der Waals surface area contributed by atoms with Crippen LogP contribution in [0.3, 0.4) is 0 Å². The number of nitriles is 1. The molecule has 3 N–H and O–H groups in total. The summed E-state index contributed by atoms with van der Waals surface area (Å²) in [5.74, 6) is 0.794. The number of rotatable bonds is 6. The minimum Gasteiger partial charge on any atom is -0.380 e. The number of aromatic nitrogens is 3.